The van der Waals surface area contributed by atoms with E-state index in [-0.39, 0.29) is 12.0 Å². The van der Waals surface area contributed by atoms with E-state index in [1.807, 2.05) is 24.3 Å². The van der Waals surface area contributed by atoms with Crippen LogP contribution in [0.2, 0.25) is 0 Å². The van der Waals surface area contributed by atoms with Gasteiger partial charge in [-0.15, -0.1) is 0 Å². The van der Waals surface area contributed by atoms with Crippen molar-refractivity contribution >= 4 is 0 Å². The predicted molar refractivity (Wildman–Crippen MR) is 55.9 cm³/mol. The van der Waals surface area contributed by atoms with Gasteiger partial charge in [-0.05, 0) is 30.5 Å². The van der Waals surface area contributed by atoms with Crippen LogP contribution in [-0.2, 0) is 5.41 Å². The zero-order valence-corrected chi connectivity index (χ0v) is 8.74. The van der Waals surface area contributed by atoms with Gasteiger partial charge >= 0.3 is 0 Å². The summed E-state index contributed by atoms with van der Waals surface area (Å²) in [4.78, 5) is 0. The van der Waals surface area contributed by atoms with Gasteiger partial charge < -0.3 is 9.84 Å². The molecule has 0 radical (unpaired) electrons. The molecule has 0 heterocycles. The summed E-state index contributed by atoms with van der Waals surface area (Å²) >= 11 is 0. The van der Waals surface area contributed by atoms with E-state index >= 15 is 0 Å². The molecule has 2 nitrogen and oxygen atoms in total. The third-order valence-corrected chi connectivity index (χ3v) is 3.23. The highest BCUT2D eigenvalue weighted by Crippen LogP contribution is 2.45. The van der Waals surface area contributed by atoms with Crippen molar-refractivity contribution in [2.45, 2.75) is 24.4 Å². The average molecular weight is 210 g/mol. The second-order valence-corrected chi connectivity index (χ2v) is 4.17. The minimum Gasteiger partial charge on any atom is -0.497 e. The highest BCUT2D eigenvalue weighted by Gasteiger charge is 2.45. The zero-order valence-electron chi connectivity index (χ0n) is 8.74. The standard InChI is InChI=1S/C12H15FO2/c1-15-11-4-2-9(3-5-11)12(8-14)6-10(13)7-12/h2-5,10,14H,6-8H2,1H3. The minimum atomic E-state index is -0.765. The molecule has 0 aliphatic heterocycles. The van der Waals surface area contributed by atoms with Crippen LogP contribution in [0.25, 0.3) is 0 Å². The molecule has 1 aliphatic rings. The predicted octanol–water partition coefficient (Wildman–Crippen LogP) is 2.06. The van der Waals surface area contributed by atoms with E-state index in [0.29, 0.717) is 12.8 Å². The van der Waals surface area contributed by atoms with Gasteiger partial charge in [0.1, 0.15) is 11.9 Å². The summed E-state index contributed by atoms with van der Waals surface area (Å²) in [5.74, 6) is 0.781. The first-order chi connectivity index (χ1) is 7.20. The van der Waals surface area contributed by atoms with E-state index in [1.54, 1.807) is 7.11 Å². The lowest BCUT2D eigenvalue weighted by atomic mass is 9.64. The van der Waals surface area contributed by atoms with E-state index in [0.717, 1.165) is 11.3 Å². The summed E-state index contributed by atoms with van der Waals surface area (Å²) < 4.78 is 17.9. The molecule has 0 atom stereocenters. The van der Waals surface area contributed by atoms with Crippen molar-refractivity contribution in [3.63, 3.8) is 0 Å². The summed E-state index contributed by atoms with van der Waals surface area (Å²) in [6, 6.07) is 7.50. The fourth-order valence-electron chi connectivity index (χ4n) is 2.19. The average Bonchev–Trinajstić information content (AvgIpc) is 2.25. The highest BCUT2D eigenvalue weighted by atomic mass is 19.1. The molecule has 3 heteroatoms. The number of methoxy groups -OCH3 is 1. The van der Waals surface area contributed by atoms with Gasteiger partial charge in [-0.3, -0.25) is 0 Å². The smallest absolute Gasteiger partial charge is 0.118 e. The molecule has 1 fully saturated rings. The summed E-state index contributed by atoms with van der Waals surface area (Å²) in [5, 5.41) is 9.34. The summed E-state index contributed by atoms with van der Waals surface area (Å²) in [5.41, 5.74) is 0.644. The Morgan fingerprint density at radius 2 is 2.00 bits per heavy atom. The molecular weight excluding hydrogens is 195 g/mol. The maximum atomic E-state index is 12.9. The number of rotatable bonds is 3. The van der Waals surface area contributed by atoms with Crippen LogP contribution in [-0.4, -0.2) is 25.0 Å². The van der Waals surface area contributed by atoms with Crippen molar-refractivity contribution < 1.29 is 14.2 Å². The first kappa shape index (κ1) is 10.4. The second-order valence-electron chi connectivity index (χ2n) is 4.17. The molecule has 0 aromatic heterocycles. The summed E-state index contributed by atoms with van der Waals surface area (Å²) in [6.45, 7) is 0.0136. The quantitative estimate of drug-likeness (QED) is 0.827. The Balaban J connectivity index is 2.21. The number of hydrogen-bond donors (Lipinski definition) is 1. The van der Waals surface area contributed by atoms with Gasteiger partial charge in [0, 0.05) is 5.41 Å². The topological polar surface area (TPSA) is 29.5 Å². The van der Waals surface area contributed by atoms with E-state index in [9.17, 15) is 9.50 Å². The van der Waals surface area contributed by atoms with Gasteiger partial charge in [0.05, 0.1) is 13.7 Å². The fourth-order valence-corrected chi connectivity index (χ4v) is 2.19. The number of benzene rings is 1. The maximum absolute atomic E-state index is 12.9. The van der Waals surface area contributed by atoms with E-state index in [1.165, 1.54) is 0 Å². The Hall–Kier alpha value is -1.09. The lowest BCUT2D eigenvalue weighted by Crippen LogP contribution is -2.45. The molecule has 1 N–H and O–H groups in total. The molecule has 0 bridgehead atoms. The van der Waals surface area contributed by atoms with Crippen molar-refractivity contribution in [2.24, 2.45) is 0 Å². The molecule has 1 aromatic rings. The number of ether oxygens (including phenoxy) is 1. The molecule has 2 rings (SSSR count). The Morgan fingerprint density at radius 1 is 1.40 bits per heavy atom. The van der Waals surface area contributed by atoms with E-state index in [2.05, 4.69) is 0 Å². The molecule has 0 amide bonds. The lowest BCUT2D eigenvalue weighted by Gasteiger charge is -2.43. The Bertz CT molecular complexity index is 328. The van der Waals surface area contributed by atoms with Crippen LogP contribution in [0.15, 0.2) is 24.3 Å². The molecule has 82 valence electrons. The Kier molecular flexibility index (Phi) is 2.65. The molecule has 1 aliphatic carbocycles. The summed E-state index contributed by atoms with van der Waals surface area (Å²) in [7, 11) is 1.61. The number of aliphatic hydroxyl groups excluding tert-OH is 1. The fraction of sp³-hybridized carbons (Fsp3) is 0.500. The molecular formula is C12H15FO2. The van der Waals surface area contributed by atoms with Crippen molar-refractivity contribution in [1.29, 1.82) is 0 Å². The third-order valence-electron chi connectivity index (χ3n) is 3.23. The number of halogens is 1. The molecule has 0 spiro atoms. The van der Waals surface area contributed by atoms with Crippen LogP contribution >= 0.6 is 0 Å². The molecule has 0 unspecified atom stereocenters. The monoisotopic (exact) mass is 210 g/mol. The van der Waals surface area contributed by atoms with E-state index in [4.69, 9.17) is 4.74 Å². The van der Waals surface area contributed by atoms with Crippen LogP contribution in [0.1, 0.15) is 18.4 Å². The van der Waals surface area contributed by atoms with Crippen LogP contribution in [0.5, 0.6) is 5.75 Å². The van der Waals surface area contributed by atoms with Crippen molar-refractivity contribution in [1.82, 2.24) is 0 Å². The largest absolute Gasteiger partial charge is 0.497 e. The van der Waals surface area contributed by atoms with Gasteiger partial charge in [-0.2, -0.15) is 0 Å². The molecule has 0 saturated heterocycles. The summed E-state index contributed by atoms with van der Waals surface area (Å²) in [6.07, 6.45) is 0.0883. The van der Waals surface area contributed by atoms with Gasteiger partial charge in [0.2, 0.25) is 0 Å². The number of hydrogen-bond acceptors (Lipinski definition) is 2. The first-order valence-corrected chi connectivity index (χ1v) is 5.10. The Labute approximate surface area is 88.7 Å². The lowest BCUT2D eigenvalue weighted by molar-refractivity contribution is 0.0410. The van der Waals surface area contributed by atoms with Gasteiger partial charge in [0.15, 0.2) is 0 Å². The molecule has 1 saturated carbocycles. The third kappa shape index (κ3) is 1.72. The normalized spacial score (nSPS) is 29.7. The second kappa shape index (κ2) is 3.81. The minimum absolute atomic E-state index is 0.0136. The van der Waals surface area contributed by atoms with Crippen LogP contribution in [0.3, 0.4) is 0 Å². The van der Waals surface area contributed by atoms with Gasteiger partial charge in [-0.1, -0.05) is 12.1 Å². The van der Waals surface area contributed by atoms with Crippen LogP contribution in [0, 0.1) is 0 Å². The first-order valence-electron chi connectivity index (χ1n) is 5.10. The van der Waals surface area contributed by atoms with Crippen LogP contribution in [0.4, 0.5) is 4.39 Å². The number of alkyl halides is 1. The van der Waals surface area contributed by atoms with Gasteiger partial charge in [0.25, 0.3) is 0 Å². The van der Waals surface area contributed by atoms with Crippen molar-refractivity contribution in [3.8, 4) is 5.75 Å². The highest BCUT2D eigenvalue weighted by molar-refractivity contribution is 5.34. The molecule has 15 heavy (non-hydrogen) atoms. The zero-order chi connectivity index (χ0) is 10.9. The molecule has 1 aromatic carbocycles. The number of aliphatic hydroxyl groups is 1. The van der Waals surface area contributed by atoms with Crippen LogP contribution < -0.4 is 4.74 Å². The van der Waals surface area contributed by atoms with Crippen molar-refractivity contribution in [2.75, 3.05) is 13.7 Å². The SMILES string of the molecule is COc1ccc(C2(CO)CC(F)C2)cc1. The Morgan fingerprint density at radius 3 is 2.40 bits per heavy atom. The maximum Gasteiger partial charge on any atom is 0.118 e. The van der Waals surface area contributed by atoms with Gasteiger partial charge in [-0.25, -0.2) is 4.39 Å². The van der Waals surface area contributed by atoms with Crippen molar-refractivity contribution in [3.05, 3.63) is 29.8 Å². The van der Waals surface area contributed by atoms with E-state index < -0.39 is 6.17 Å².